The molecule has 80 valence electrons. The first-order valence-corrected chi connectivity index (χ1v) is 5.42. The topological polar surface area (TPSA) is 37.3 Å². The molecule has 1 saturated carbocycles. The molecule has 0 aromatic heterocycles. The minimum atomic E-state index is -0.659. The van der Waals surface area contributed by atoms with E-state index in [1.54, 1.807) is 0 Å². The summed E-state index contributed by atoms with van der Waals surface area (Å²) in [6, 6.07) is 8.36. The highest BCUT2D eigenvalue weighted by atomic mass is 16.4. The van der Waals surface area contributed by atoms with Gasteiger partial charge in [0.15, 0.2) is 0 Å². The van der Waals surface area contributed by atoms with Gasteiger partial charge in [-0.05, 0) is 29.4 Å². The van der Waals surface area contributed by atoms with Gasteiger partial charge in [0.25, 0.3) is 0 Å². The lowest BCUT2D eigenvalue weighted by molar-refractivity contribution is -0.138. The van der Waals surface area contributed by atoms with Gasteiger partial charge in [-0.25, -0.2) is 0 Å². The van der Waals surface area contributed by atoms with Crippen LogP contribution in [0.15, 0.2) is 24.3 Å². The second-order valence-electron chi connectivity index (χ2n) is 4.61. The van der Waals surface area contributed by atoms with Gasteiger partial charge in [-0.15, -0.1) is 0 Å². The zero-order valence-electron chi connectivity index (χ0n) is 9.10. The van der Waals surface area contributed by atoms with Crippen LogP contribution in [0.25, 0.3) is 0 Å². The molecule has 1 aliphatic carbocycles. The maximum absolute atomic E-state index is 10.7. The highest BCUT2D eigenvalue weighted by molar-refractivity contribution is 5.75. The van der Waals surface area contributed by atoms with Crippen molar-refractivity contribution in [2.45, 2.75) is 32.1 Å². The first kappa shape index (κ1) is 10.2. The fourth-order valence-corrected chi connectivity index (χ4v) is 1.96. The van der Waals surface area contributed by atoms with Crippen LogP contribution in [0, 0.1) is 5.92 Å². The molecule has 0 heterocycles. The van der Waals surface area contributed by atoms with Crippen LogP contribution in [0.3, 0.4) is 0 Å². The van der Waals surface area contributed by atoms with Crippen molar-refractivity contribution in [1.29, 1.82) is 0 Å². The van der Waals surface area contributed by atoms with Crippen LogP contribution >= 0.6 is 0 Å². The minimum Gasteiger partial charge on any atom is -0.481 e. The molecule has 1 unspecified atom stereocenters. The van der Waals surface area contributed by atoms with Crippen molar-refractivity contribution in [3.05, 3.63) is 35.4 Å². The van der Waals surface area contributed by atoms with E-state index >= 15 is 0 Å². The van der Waals surface area contributed by atoms with Gasteiger partial charge in [0.2, 0.25) is 0 Å². The summed E-state index contributed by atoms with van der Waals surface area (Å²) < 4.78 is 0. The maximum Gasteiger partial charge on any atom is 0.307 e. The molecule has 0 saturated heterocycles. The molecule has 0 aliphatic heterocycles. The van der Waals surface area contributed by atoms with Crippen molar-refractivity contribution in [3.8, 4) is 0 Å². The van der Waals surface area contributed by atoms with Crippen molar-refractivity contribution in [1.82, 2.24) is 0 Å². The summed E-state index contributed by atoms with van der Waals surface area (Å²) in [5.41, 5.74) is 2.48. The molecule has 2 rings (SSSR count). The van der Waals surface area contributed by atoms with Gasteiger partial charge in [-0.2, -0.15) is 0 Å². The monoisotopic (exact) mass is 204 g/mol. The molecule has 1 aromatic rings. The molecule has 1 fully saturated rings. The minimum absolute atomic E-state index is 0.144. The Hall–Kier alpha value is -1.31. The van der Waals surface area contributed by atoms with Gasteiger partial charge in [0, 0.05) is 0 Å². The van der Waals surface area contributed by atoms with E-state index in [2.05, 4.69) is 38.1 Å². The Morgan fingerprint density at radius 2 is 1.93 bits per heavy atom. The van der Waals surface area contributed by atoms with E-state index in [-0.39, 0.29) is 11.8 Å². The maximum atomic E-state index is 10.7. The van der Waals surface area contributed by atoms with Gasteiger partial charge in [-0.3, -0.25) is 4.79 Å². The zero-order chi connectivity index (χ0) is 11.0. The molecular formula is C13H16O2. The Kier molecular flexibility index (Phi) is 2.51. The van der Waals surface area contributed by atoms with Crippen LogP contribution in [0.2, 0.25) is 0 Å². The highest BCUT2D eigenvalue weighted by Crippen LogP contribution is 2.47. The summed E-state index contributed by atoms with van der Waals surface area (Å²) in [7, 11) is 0. The Morgan fingerprint density at radius 3 is 2.33 bits per heavy atom. The highest BCUT2D eigenvalue weighted by Gasteiger charge is 2.43. The molecule has 0 spiro atoms. The number of hydrogen-bond donors (Lipinski definition) is 1. The normalized spacial score (nSPS) is 24.2. The lowest BCUT2D eigenvalue weighted by Gasteiger charge is -2.06. The first-order chi connectivity index (χ1) is 7.09. The van der Waals surface area contributed by atoms with E-state index in [9.17, 15) is 4.79 Å². The Bertz CT molecular complexity index is 365. The Balaban J connectivity index is 2.09. The Morgan fingerprint density at radius 1 is 1.33 bits per heavy atom. The molecule has 0 bridgehead atoms. The van der Waals surface area contributed by atoms with Crippen molar-refractivity contribution < 1.29 is 9.90 Å². The third-order valence-electron chi connectivity index (χ3n) is 3.14. The largest absolute Gasteiger partial charge is 0.481 e. The number of hydrogen-bond acceptors (Lipinski definition) is 1. The van der Waals surface area contributed by atoms with Crippen LogP contribution in [0.1, 0.15) is 43.2 Å². The van der Waals surface area contributed by atoms with E-state index in [0.717, 1.165) is 6.42 Å². The van der Waals surface area contributed by atoms with Gasteiger partial charge < -0.3 is 5.11 Å². The standard InChI is InChI=1S/C13H16O2/c1-8(2)9-3-5-10(6-4-9)11-7-12(11)13(14)15/h3-6,8,11-12H,7H2,1-2H3,(H,14,15)/t11?,12-/m0/s1. The number of aliphatic carboxylic acids is 1. The summed E-state index contributed by atoms with van der Waals surface area (Å²) in [4.78, 5) is 10.7. The second-order valence-corrected chi connectivity index (χ2v) is 4.61. The average molecular weight is 204 g/mol. The van der Waals surface area contributed by atoms with E-state index in [1.807, 2.05) is 0 Å². The van der Waals surface area contributed by atoms with Crippen molar-refractivity contribution in [3.63, 3.8) is 0 Å². The van der Waals surface area contributed by atoms with Crippen LogP contribution in [-0.4, -0.2) is 11.1 Å². The van der Waals surface area contributed by atoms with Crippen LogP contribution < -0.4 is 0 Å². The SMILES string of the molecule is CC(C)c1ccc(C2C[C@@H]2C(=O)O)cc1. The van der Waals surface area contributed by atoms with Gasteiger partial charge in [-0.1, -0.05) is 38.1 Å². The van der Waals surface area contributed by atoms with Crippen LogP contribution in [-0.2, 0) is 4.79 Å². The van der Waals surface area contributed by atoms with Gasteiger partial charge >= 0.3 is 5.97 Å². The summed E-state index contributed by atoms with van der Waals surface area (Å²) in [6.45, 7) is 4.32. The van der Waals surface area contributed by atoms with Crippen molar-refractivity contribution in [2.75, 3.05) is 0 Å². The molecular weight excluding hydrogens is 188 g/mol. The molecule has 2 heteroatoms. The molecule has 2 atom stereocenters. The van der Waals surface area contributed by atoms with Crippen LogP contribution in [0.4, 0.5) is 0 Å². The summed E-state index contributed by atoms with van der Waals surface area (Å²) in [6.07, 6.45) is 0.802. The first-order valence-electron chi connectivity index (χ1n) is 5.42. The predicted molar refractivity (Wildman–Crippen MR) is 59.0 cm³/mol. The van der Waals surface area contributed by atoms with Gasteiger partial charge in [0.1, 0.15) is 0 Å². The molecule has 15 heavy (non-hydrogen) atoms. The Labute approximate surface area is 89.9 Å². The molecule has 0 amide bonds. The number of carboxylic acids is 1. The van der Waals surface area contributed by atoms with Crippen molar-refractivity contribution >= 4 is 5.97 Å². The predicted octanol–water partition coefficient (Wildman–Crippen LogP) is 3.00. The fourth-order valence-electron chi connectivity index (χ4n) is 1.96. The van der Waals surface area contributed by atoms with E-state index in [1.165, 1.54) is 11.1 Å². The summed E-state index contributed by atoms with van der Waals surface area (Å²) in [5.74, 6) is -0.0138. The number of rotatable bonds is 3. The molecule has 0 radical (unpaired) electrons. The average Bonchev–Trinajstić information content (AvgIpc) is 2.97. The third kappa shape index (κ3) is 2.04. The third-order valence-corrected chi connectivity index (χ3v) is 3.14. The van der Waals surface area contributed by atoms with E-state index in [0.29, 0.717) is 5.92 Å². The van der Waals surface area contributed by atoms with Crippen molar-refractivity contribution in [2.24, 2.45) is 5.92 Å². The lowest BCUT2D eigenvalue weighted by atomic mass is 10.00. The molecule has 1 aliphatic rings. The van der Waals surface area contributed by atoms with E-state index in [4.69, 9.17) is 5.11 Å². The molecule has 1 N–H and O–H groups in total. The second kappa shape index (κ2) is 3.69. The fraction of sp³-hybridized carbons (Fsp3) is 0.462. The quantitative estimate of drug-likeness (QED) is 0.821. The summed E-state index contributed by atoms with van der Waals surface area (Å²) in [5, 5.41) is 8.83. The van der Waals surface area contributed by atoms with Crippen LogP contribution in [0.5, 0.6) is 0 Å². The molecule has 2 nitrogen and oxygen atoms in total. The summed E-state index contributed by atoms with van der Waals surface area (Å²) >= 11 is 0. The van der Waals surface area contributed by atoms with E-state index < -0.39 is 5.97 Å². The number of carboxylic acid groups (broad SMARTS) is 1. The molecule has 1 aromatic carbocycles. The van der Waals surface area contributed by atoms with Gasteiger partial charge in [0.05, 0.1) is 5.92 Å². The zero-order valence-corrected chi connectivity index (χ0v) is 9.10. The lowest BCUT2D eigenvalue weighted by Crippen LogP contribution is -1.99. The smallest absolute Gasteiger partial charge is 0.307 e. The number of carbonyl (C=O) groups is 1. The number of benzene rings is 1.